The number of ether oxygens (including phenoxy) is 2. The first kappa shape index (κ1) is 26.8. The molecule has 2 aliphatic rings. The van der Waals surface area contributed by atoms with E-state index in [0.29, 0.717) is 50.4 Å². The Labute approximate surface area is 218 Å². The maximum Gasteiger partial charge on any atom is 0.223 e. The van der Waals surface area contributed by atoms with Crippen LogP contribution in [0.3, 0.4) is 0 Å². The number of rotatable bonds is 10. The maximum absolute atomic E-state index is 13.2. The van der Waals surface area contributed by atoms with Crippen molar-refractivity contribution in [2.24, 2.45) is 5.41 Å². The zero-order valence-electron chi connectivity index (χ0n) is 21.9. The molecule has 0 spiro atoms. The van der Waals surface area contributed by atoms with Crippen molar-refractivity contribution in [2.75, 3.05) is 51.8 Å². The van der Waals surface area contributed by atoms with Crippen LogP contribution in [0.1, 0.15) is 44.1 Å². The Balaban J connectivity index is 1.26. The zero-order chi connectivity index (χ0) is 26.3. The summed E-state index contributed by atoms with van der Waals surface area (Å²) >= 11 is 0. The Morgan fingerprint density at radius 2 is 1.59 bits per heavy atom. The van der Waals surface area contributed by atoms with Crippen LogP contribution in [0.25, 0.3) is 0 Å². The lowest BCUT2D eigenvalue weighted by atomic mass is 9.78. The molecular weight excluding hydrogens is 473 g/mol. The van der Waals surface area contributed by atoms with E-state index in [1.165, 1.54) is 12.1 Å². The minimum atomic E-state index is -0.251. The van der Waals surface area contributed by atoms with Crippen molar-refractivity contribution < 1.29 is 23.5 Å². The van der Waals surface area contributed by atoms with Crippen molar-refractivity contribution in [3.63, 3.8) is 0 Å². The van der Waals surface area contributed by atoms with E-state index in [-0.39, 0.29) is 23.0 Å². The number of nitrogens with zero attached hydrogens (tertiary/aromatic N) is 2. The van der Waals surface area contributed by atoms with Gasteiger partial charge >= 0.3 is 0 Å². The number of methoxy groups -OCH3 is 2. The lowest BCUT2D eigenvalue weighted by molar-refractivity contribution is -0.135. The fraction of sp³-hybridized carbons (Fsp3) is 0.517. The standard InChI is InChI=1S/C29H38FN3O4/c1-36-25-10-5-22(19-26(25)37-2)11-14-31-27(34)20-29(12-3-4-13-29)21-28(35)33-17-15-32(16-18-33)24-8-6-23(30)7-9-24/h5-10,19H,3-4,11-18,20-21H2,1-2H3,(H,31,34). The zero-order valence-corrected chi connectivity index (χ0v) is 21.9. The van der Waals surface area contributed by atoms with Crippen LogP contribution in [0.4, 0.5) is 10.1 Å². The third-order valence-corrected chi connectivity index (χ3v) is 7.73. The highest BCUT2D eigenvalue weighted by molar-refractivity contribution is 5.80. The molecule has 0 unspecified atom stereocenters. The molecule has 4 rings (SSSR count). The lowest BCUT2D eigenvalue weighted by Gasteiger charge is -2.38. The third kappa shape index (κ3) is 6.93. The number of carbonyl (C=O) groups is 2. The molecule has 2 fully saturated rings. The number of anilines is 1. The minimum absolute atomic E-state index is 0.0105. The van der Waals surface area contributed by atoms with Gasteiger partial charge in [-0.15, -0.1) is 0 Å². The largest absolute Gasteiger partial charge is 0.493 e. The number of carbonyl (C=O) groups excluding carboxylic acids is 2. The highest BCUT2D eigenvalue weighted by atomic mass is 19.1. The van der Waals surface area contributed by atoms with Crippen LogP contribution in [-0.2, 0) is 16.0 Å². The number of hydrogen-bond acceptors (Lipinski definition) is 5. The van der Waals surface area contributed by atoms with Gasteiger partial charge in [0.15, 0.2) is 11.5 Å². The van der Waals surface area contributed by atoms with Gasteiger partial charge in [-0.3, -0.25) is 9.59 Å². The summed E-state index contributed by atoms with van der Waals surface area (Å²) in [6.07, 6.45) is 5.45. The molecule has 0 atom stereocenters. The van der Waals surface area contributed by atoms with E-state index in [2.05, 4.69) is 10.2 Å². The van der Waals surface area contributed by atoms with Gasteiger partial charge in [0.2, 0.25) is 11.8 Å². The van der Waals surface area contributed by atoms with Crippen molar-refractivity contribution >= 4 is 17.5 Å². The van der Waals surface area contributed by atoms with Crippen LogP contribution in [0.5, 0.6) is 11.5 Å². The van der Waals surface area contributed by atoms with E-state index in [0.717, 1.165) is 50.0 Å². The molecule has 1 saturated heterocycles. The predicted octanol–water partition coefficient (Wildman–Crippen LogP) is 4.19. The van der Waals surface area contributed by atoms with Crippen molar-refractivity contribution in [2.45, 2.75) is 44.9 Å². The van der Waals surface area contributed by atoms with Gasteiger partial charge in [-0.2, -0.15) is 0 Å². The van der Waals surface area contributed by atoms with Crippen molar-refractivity contribution in [1.29, 1.82) is 0 Å². The van der Waals surface area contributed by atoms with Crippen LogP contribution in [0.15, 0.2) is 42.5 Å². The molecule has 37 heavy (non-hydrogen) atoms. The Bertz CT molecular complexity index is 1060. The molecule has 1 heterocycles. The molecule has 0 bridgehead atoms. The smallest absolute Gasteiger partial charge is 0.223 e. The highest BCUT2D eigenvalue weighted by Gasteiger charge is 2.39. The monoisotopic (exact) mass is 511 g/mol. The SMILES string of the molecule is COc1ccc(CCNC(=O)CC2(CC(=O)N3CCN(c4ccc(F)cc4)CC3)CCCC2)cc1OC. The van der Waals surface area contributed by atoms with E-state index in [1.807, 2.05) is 23.1 Å². The topological polar surface area (TPSA) is 71.1 Å². The molecule has 7 nitrogen and oxygen atoms in total. The fourth-order valence-corrected chi connectivity index (χ4v) is 5.63. The number of piperazine rings is 1. The number of amides is 2. The van der Waals surface area contributed by atoms with E-state index >= 15 is 0 Å². The molecule has 2 amide bonds. The summed E-state index contributed by atoms with van der Waals surface area (Å²) in [4.78, 5) is 30.2. The first-order valence-corrected chi connectivity index (χ1v) is 13.2. The van der Waals surface area contributed by atoms with Crippen LogP contribution < -0.4 is 19.7 Å². The van der Waals surface area contributed by atoms with Gasteiger partial charge in [-0.1, -0.05) is 18.9 Å². The summed E-state index contributed by atoms with van der Waals surface area (Å²) in [5.74, 6) is 1.26. The Hall–Kier alpha value is -3.29. The lowest BCUT2D eigenvalue weighted by Crippen LogP contribution is -2.49. The Morgan fingerprint density at radius 1 is 0.919 bits per heavy atom. The second-order valence-electron chi connectivity index (χ2n) is 10.2. The molecule has 1 N–H and O–H groups in total. The molecule has 1 aliphatic heterocycles. The molecule has 2 aromatic rings. The normalized spacial score (nSPS) is 16.9. The van der Waals surface area contributed by atoms with Crippen LogP contribution >= 0.6 is 0 Å². The second-order valence-corrected chi connectivity index (χ2v) is 10.2. The Kier molecular flexibility index (Phi) is 8.90. The van der Waals surface area contributed by atoms with Crippen molar-refractivity contribution in [3.05, 3.63) is 53.8 Å². The number of halogens is 1. The summed E-state index contributed by atoms with van der Waals surface area (Å²) in [5, 5.41) is 3.06. The molecule has 1 aliphatic carbocycles. The first-order chi connectivity index (χ1) is 17.9. The Morgan fingerprint density at radius 3 is 2.24 bits per heavy atom. The van der Waals surface area contributed by atoms with Crippen molar-refractivity contribution in [3.8, 4) is 11.5 Å². The summed E-state index contributed by atoms with van der Waals surface area (Å²) in [6.45, 7) is 3.26. The molecule has 1 saturated carbocycles. The van der Waals surface area contributed by atoms with Crippen LogP contribution in [0.2, 0.25) is 0 Å². The van der Waals surface area contributed by atoms with Gasteiger partial charge in [0.25, 0.3) is 0 Å². The van der Waals surface area contributed by atoms with E-state index in [9.17, 15) is 14.0 Å². The fourth-order valence-electron chi connectivity index (χ4n) is 5.63. The molecule has 8 heteroatoms. The van der Waals surface area contributed by atoms with Crippen LogP contribution in [0, 0.1) is 11.2 Å². The maximum atomic E-state index is 13.2. The second kappa shape index (κ2) is 12.3. The molecule has 0 aromatic heterocycles. The van der Waals surface area contributed by atoms with Gasteiger partial charge in [0, 0.05) is 51.3 Å². The molecule has 0 radical (unpaired) electrons. The summed E-state index contributed by atoms with van der Waals surface area (Å²) in [6, 6.07) is 12.3. The molecule has 2 aromatic carbocycles. The summed E-state index contributed by atoms with van der Waals surface area (Å²) in [5.41, 5.74) is 1.78. The van der Waals surface area contributed by atoms with Gasteiger partial charge in [0.1, 0.15) is 5.82 Å². The number of hydrogen-bond donors (Lipinski definition) is 1. The third-order valence-electron chi connectivity index (χ3n) is 7.73. The number of nitrogens with one attached hydrogen (secondary N) is 1. The average Bonchev–Trinajstić information content (AvgIpc) is 3.36. The first-order valence-electron chi connectivity index (χ1n) is 13.2. The minimum Gasteiger partial charge on any atom is -0.493 e. The predicted molar refractivity (Wildman–Crippen MR) is 142 cm³/mol. The van der Waals surface area contributed by atoms with Gasteiger partial charge in [-0.05, 0) is 66.6 Å². The van der Waals surface area contributed by atoms with Gasteiger partial charge in [0.05, 0.1) is 14.2 Å². The van der Waals surface area contributed by atoms with Crippen LogP contribution in [-0.4, -0.2) is 63.7 Å². The van der Waals surface area contributed by atoms with Crippen molar-refractivity contribution in [1.82, 2.24) is 10.2 Å². The quantitative estimate of drug-likeness (QED) is 0.518. The summed E-state index contributed by atoms with van der Waals surface area (Å²) in [7, 11) is 3.21. The van der Waals surface area contributed by atoms with E-state index < -0.39 is 0 Å². The van der Waals surface area contributed by atoms with Gasteiger partial charge in [-0.25, -0.2) is 4.39 Å². The average molecular weight is 512 g/mol. The van der Waals surface area contributed by atoms with E-state index in [4.69, 9.17) is 9.47 Å². The van der Waals surface area contributed by atoms with E-state index in [1.54, 1.807) is 26.4 Å². The summed E-state index contributed by atoms with van der Waals surface area (Å²) < 4.78 is 23.9. The molecular formula is C29H38FN3O4. The van der Waals surface area contributed by atoms with Gasteiger partial charge < -0.3 is 24.6 Å². The highest BCUT2D eigenvalue weighted by Crippen LogP contribution is 2.44. The number of benzene rings is 2. The molecule has 200 valence electrons.